The van der Waals surface area contributed by atoms with Crippen LogP contribution in [0.1, 0.15) is 42.1 Å². The number of aliphatic hydroxyl groups excluding tert-OH is 1. The molecule has 1 fully saturated rings. The second kappa shape index (κ2) is 11.4. The Balaban J connectivity index is 1.39. The summed E-state index contributed by atoms with van der Waals surface area (Å²) in [4.78, 5) is 33.5. The van der Waals surface area contributed by atoms with Gasteiger partial charge < -0.3 is 20.1 Å². The van der Waals surface area contributed by atoms with E-state index in [9.17, 15) is 27.9 Å². The molecule has 2 aromatic rings. The highest BCUT2D eigenvalue weighted by atomic mass is 19.4. The summed E-state index contributed by atoms with van der Waals surface area (Å²) in [6, 6.07) is -0.475. The number of carbonyl (C=O) groups is 1. The summed E-state index contributed by atoms with van der Waals surface area (Å²) < 4.78 is 43.5. The van der Waals surface area contributed by atoms with Crippen LogP contribution in [0.3, 0.4) is 0 Å². The molecule has 13 heteroatoms. The smallest absolute Gasteiger partial charge is 0.394 e. The number of aromatic nitrogens is 4. The summed E-state index contributed by atoms with van der Waals surface area (Å²) in [5.41, 5.74) is -0.287. The minimum Gasteiger partial charge on any atom is -0.394 e. The number of aromatic amines is 1. The topological polar surface area (TPSA) is 133 Å². The Bertz CT molecular complexity index is 1010. The molecular formula is C21H27F3N6O4. The van der Waals surface area contributed by atoms with Crippen molar-refractivity contribution < 1.29 is 27.8 Å². The first kappa shape index (κ1) is 25.6. The quantitative estimate of drug-likeness (QED) is 0.456. The molecule has 1 amide bonds. The monoisotopic (exact) mass is 484 g/mol. The van der Waals surface area contributed by atoms with Crippen molar-refractivity contribution in [3.05, 3.63) is 45.9 Å². The van der Waals surface area contributed by atoms with Gasteiger partial charge in [0.2, 0.25) is 5.91 Å². The van der Waals surface area contributed by atoms with Gasteiger partial charge in [0.25, 0.3) is 5.56 Å². The maximum atomic E-state index is 12.7. The van der Waals surface area contributed by atoms with Crippen LogP contribution in [0, 0.1) is 6.92 Å². The van der Waals surface area contributed by atoms with Crippen molar-refractivity contribution in [2.24, 2.45) is 0 Å². The van der Waals surface area contributed by atoms with Crippen LogP contribution < -0.4 is 10.9 Å². The standard InChI is InChI=1S/C21H27F3N6O4/c1-13-17(10-27-29-20(13)33)28-16(11-31)12-34-7-4-18(32)30-5-2-14(3-6-30)19-25-8-15(9-26-19)21(22,23)24/h8-10,14,16,31H,2-7,11-12H2,1H3,(H2,28,29,33)/t16-/m0/s1. The van der Waals surface area contributed by atoms with E-state index in [2.05, 4.69) is 25.5 Å². The number of H-pyrrole nitrogens is 1. The van der Waals surface area contributed by atoms with E-state index in [0.29, 0.717) is 43.0 Å². The third-order valence-corrected chi connectivity index (χ3v) is 5.68. The van der Waals surface area contributed by atoms with Crippen LogP contribution in [-0.4, -0.2) is 75.0 Å². The van der Waals surface area contributed by atoms with Gasteiger partial charge >= 0.3 is 6.18 Å². The summed E-state index contributed by atoms with van der Waals surface area (Å²) in [5, 5.41) is 18.6. The highest BCUT2D eigenvalue weighted by Gasteiger charge is 2.32. The Hall–Kier alpha value is -3.06. The SMILES string of the molecule is Cc1c(N[C@@H](CO)COCCC(=O)N2CCC(c3ncc(C(F)(F)F)cn3)CC2)cn[nH]c1=O. The van der Waals surface area contributed by atoms with E-state index in [0.717, 1.165) is 12.4 Å². The zero-order chi connectivity index (χ0) is 24.7. The molecular weight excluding hydrogens is 457 g/mol. The second-order valence-corrected chi connectivity index (χ2v) is 8.07. The summed E-state index contributed by atoms with van der Waals surface area (Å²) >= 11 is 0. The van der Waals surface area contributed by atoms with Gasteiger partial charge in [0, 0.05) is 37.0 Å². The number of alkyl halides is 3. The number of hydrogen-bond acceptors (Lipinski definition) is 8. The first-order valence-corrected chi connectivity index (χ1v) is 10.9. The fourth-order valence-corrected chi connectivity index (χ4v) is 3.59. The molecule has 0 saturated carbocycles. The van der Waals surface area contributed by atoms with Crippen molar-refractivity contribution in [3.8, 4) is 0 Å². The van der Waals surface area contributed by atoms with Gasteiger partial charge in [-0.2, -0.15) is 18.3 Å². The molecule has 0 spiro atoms. The lowest BCUT2D eigenvalue weighted by Crippen LogP contribution is -2.39. The Morgan fingerprint density at radius 3 is 2.59 bits per heavy atom. The van der Waals surface area contributed by atoms with Crippen LogP contribution >= 0.6 is 0 Å². The molecule has 3 N–H and O–H groups in total. The Morgan fingerprint density at radius 1 is 1.29 bits per heavy atom. The van der Waals surface area contributed by atoms with E-state index < -0.39 is 17.8 Å². The Labute approximate surface area is 193 Å². The average Bonchev–Trinajstić information content (AvgIpc) is 2.83. The number of carbonyl (C=O) groups excluding carboxylic acids is 1. The molecule has 1 aliphatic heterocycles. The van der Waals surface area contributed by atoms with E-state index in [4.69, 9.17) is 4.74 Å². The number of hydrogen-bond donors (Lipinski definition) is 3. The third kappa shape index (κ3) is 6.73. The van der Waals surface area contributed by atoms with Gasteiger partial charge in [0.1, 0.15) is 5.82 Å². The van der Waals surface area contributed by atoms with Crippen molar-refractivity contribution in [2.45, 2.75) is 44.3 Å². The number of halogens is 3. The molecule has 0 aliphatic carbocycles. The molecule has 186 valence electrons. The number of anilines is 1. The third-order valence-electron chi connectivity index (χ3n) is 5.68. The molecule has 0 aromatic carbocycles. The van der Waals surface area contributed by atoms with Crippen molar-refractivity contribution in [3.63, 3.8) is 0 Å². The molecule has 0 radical (unpaired) electrons. The normalized spacial score (nSPS) is 15.9. The number of nitrogens with zero attached hydrogens (tertiary/aromatic N) is 4. The van der Waals surface area contributed by atoms with Gasteiger partial charge in [-0.3, -0.25) is 9.59 Å². The molecule has 0 bridgehead atoms. The van der Waals surface area contributed by atoms with Gasteiger partial charge in [0.05, 0.1) is 49.7 Å². The molecule has 1 atom stereocenters. The van der Waals surface area contributed by atoms with Crippen molar-refractivity contribution in [2.75, 3.05) is 38.2 Å². The number of ether oxygens (including phenoxy) is 1. The first-order valence-electron chi connectivity index (χ1n) is 10.9. The molecule has 3 heterocycles. The fourth-order valence-electron chi connectivity index (χ4n) is 3.59. The van der Waals surface area contributed by atoms with Crippen LogP contribution in [0.4, 0.5) is 18.9 Å². The first-order chi connectivity index (χ1) is 16.2. The van der Waals surface area contributed by atoms with Crippen molar-refractivity contribution in [1.82, 2.24) is 25.1 Å². The van der Waals surface area contributed by atoms with E-state index in [-0.39, 0.29) is 43.6 Å². The molecule has 2 aromatic heterocycles. The minimum absolute atomic E-state index is 0.0880. The van der Waals surface area contributed by atoms with Gasteiger partial charge in [-0.25, -0.2) is 15.1 Å². The molecule has 10 nitrogen and oxygen atoms in total. The predicted octanol–water partition coefficient (Wildman–Crippen LogP) is 1.47. The second-order valence-electron chi connectivity index (χ2n) is 8.07. The molecule has 0 unspecified atom stereocenters. The van der Waals surface area contributed by atoms with E-state index in [1.54, 1.807) is 11.8 Å². The number of piperidine rings is 1. The van der Waals surface area contributed by atoms with Crippen molar-refractivity contribution >= 4 is 11.6 Å². The largest absolute Gasteiger partial charge is 0.419 e. The van der Waals surface area contributed by atoms with Crippen LogP contribution in [-0.2, 0) is 15.7 Å². The zero-order valence-corrected chi connectivity index (χ0v) is 18.6. The van der Waals surface area contributed by atoms with Crippen LogP contribution in [0.5, 0.6) is 0 Å². The Kier molecular flexibility index (Phi) is 8.56. The zero-order valence-electron chi connectivity index (χ0n) is 18.6. The number of nitrogens with one attached hydrogen (secondary N) is 2. The number of likely N-dealkylation sites (tertiary alicyclic amines) is 1. The molecule has 34 heavy (non-hydrogen) atoms. The summed E-state index contributed by atoms with van der Waals surface area (Å²) in [6.45, 7) is 2.60. The van der Waals surface area contributed by atoms with Crippen LogP contribution in [0.2, 0.25) is 0 Å². The van der Waals surface area contributed by atoms with E-state index >= 15 is 0 Å². The van der Waals surface area contributed by atoms with Gasteiger partial charge in [-0.15, -0.1) is 0 Å². The highest BCUT2D eigenvalue weighted by Crippen LogP contribution is 2.30. The minimum atomic E-state index is -4.47. The lowest BCUT2D eigenvalue weighted by atomic mass is 9.95. The number of aliphatic hydroxyl groups is 1. The van der Waals surface area contributed by atoms with Crippen LogP contribution in [0.15, 0.2) is 23.4 Å². The number of rotatable bonds is 9. The molecule has 1 aliphatic rings. The maximum absolute atomic E-state index is 12.7. The average molecular weight is 484 g/mol. The molecule has 1 saturated heterocycles. The summed E-state index contributed by atoms with van der Waals surface area (Å²) in [7, 11) is 0. The fraction of sp³-hybridized carbons (Fsp3) is 0.571. The van der Waals surface area contributed by atoms with E-state index in [1.165, 1.54) is 6.20 Å². The van der Waals surface area contributed by atoms with E-state index in [1.807, 2.05) is 0 Å². The van der Waals surface area contributed by atoms with Crippen LogP contribution in [0.25, 0.3) is 0 Å². The van der Waals surface area contributed by atoms with Gasteiger partial charge in [-0.05, 0) is 19.8 Å². The Morgan fingerprint density at radius 2 is 1.97 bits per heavy atom. The predicted molar refractivity (Wildman–Crippen MR) is 115 cm³/mol. The van der Waals surface area contributed by atoms with Gasteiger partial charge in [0.15, 0.2) is 0 Å². The van der Waals surface area contributed by atoms with Crippen molar-refractivity contribution in [1.29, 1.82) is 0 Å². The van der Waals surface area contributed by atoms with Gasteiger partial charge in [-0.1, -0.05) is 0 Å². The number of amides is 1. The summed E-state index contributed by atoms with van der Waals surface area (Å²) in [5.74, 6) is 0.175. The lowest BCUT2D eigenvalue weighted by Gasteiger charge is -2.31. The lowest BCUT2D eigenvalue weighted by molar-refractivity contribution is -0.138. The maximum Gasteiger partial charge on any atom is 0.419 e. The molecule has 3 rings (SSSR count). The highest BCUT2D eigenvalue weighted by molar-refractivity contribution is 5.76. The summed E-state index contributed by atoms with van der Waals surface area (Å²) in [6.07, 6.45) is -0.150.